The molecule has 0 saturated heterocycles. The number of fused-ring (bicyclic) bond motifs is 1. The van der Waals surface area contributed by atoms with E-state index in [9.17, 15) is 4.79 Å². The number of nitrogens with two attached hydrogens (primary N) is 1. The van der Waals surface area contributed by atoms with Crippen molar-refractivity contribution in [3.8, 4) is 0 Å². The molecule has 31 heavy (non-hydrogen) atoms. The third-order valence-electron chi connectivity index (χ3n) is 5.41. The molecule has 5 nitrogen and oxygen atoms in total. The van der Waals surface area contributed by atoms with Crippen molar-refractivity contribution in [2.24, 2.45) is 0 Å². The number of hydrogen-bond donors (Lipinski definition) is 3. The fourth-order valence-electron chi connectivity index (χ4n) is 4.09. The first-order valence-electron chi connectivity index (χ1n) is 9.89. The smallest absolute Gasteiger partial charge is 0.258 e. The number of nitrogens with one attached hydrogen (secondary N) is 2. The SMILES string of the molecule is Nc1nc2c(c(=O)[nH]1)C(c1ccc(Br)cc1)C(c1ccccc1)=C(c1ccccc1)N2. The lowest BCUT2D eigenvalue weighted by Crippen LogP contribution is -2.28. The van der Waals surface area contributed by atoms with Crippen LogP contribution in [0.25, 0.3) is 11.3 Å². The molecular weight excluding hydrogens is 452 g/mol. The Morgan fingerprint density at radius 1 is 0.839 bits per heavy atom. The van der Waals surface area contributed by atoms with Crippen LogP contribution in [0.5, 0.6) is 0 Å². The summed E-state index contributed by atoms with van der Waals surface area (Å²) in [6.07, 6.45) is 0. The van der Waals surface area contributed by atoms with Crippen molar-refractivity contribution in [2.75, 3.05) is 11.1 Å². The van der Waals surface area contributed by atoms with Crippen LogP contribution in [0.1, 0.15) is 28.2 Å². The summed E-state index contributed by atoms with van der Waals surface area (Å²) < 4.78 is 0.975. The van der Waals surface area contributed by atoms with Crippen molar-refractivity contribution in [2.45, 2.75) is 5.92 Å². The van der Waals surface area contributed by atoms with Crippen LogP contribution in [-0.2, 0) is 0 Å². The molecule has 1 unspecified atom stereocenters. The lowest BCUT2D eigenvalue weighted by Gasteiger charge is -2.31. The molecule has 0 fully saturated rings. The minimum Gasteiger partial charge on any atom is -0.369 e. The largest absolute Gasteiger partial charge is 0.369 e. The van der Waals surface area contributed by atoms with Gasteiger partial charge in [0.15, 0.2) is 0 Å². The minimum absolute atomic E-state index is 0.0846. The summed E-state index contributed by atoms with van der Waals surface area (Å²) >= 11 is 3.51. The maximum Gasteiger partial charge on any atom is 0.258 e. The Balaban J connectivity index is 1.87. The van der Waals surface area contributed by atoms with Gasteiger partial charge in [-0.2, -0.15) is 4.98 Å². The molecule has 0 bridgehead atoms. The Kier molecular flexibility index (Phi) is 4.92. The molecular formula is C25H19BrN4O. The van der Waals surface area contributed by atoms with Crippen molar-refractivity contribution in [3.63, 3.8) is 0 Å². The van der Waals surface area contributed by atoms with Crippen LogP contribution >= 0.6 is 15.9 Å². The maximum absolute atomic E-state index is 13.1. The first kappa shape index (κ1) is 19.3. The van der Waals surface area contributed by atoms with Gasteiger partial charge in [-0.3, -0.25) is 9.78 Å². The molecule has 2 heterocycles. The van der Waals surface area contributed by atoms with Gasteiger partial charge in [0, 0.05) is 10.4 Å². The van der Waals surface area contributed by atoms with Crippen LogP contribution in [-0.4, -0.2) is 9.97 Å². The Bertz CT molecular complexity index is 1330. The lowest BCUT2D eigenvalue weighted by molar-refractivity contribution is 0.959. The Hall–Kier alpha value is -3.64. The second-order valence-corrected chi connectivity index (χ2v) is 8.26. The summed E-state index contributed by atoms with van der Waals surface area (Å²) in [6.45, 7) is 0. The first-order valence-corrected chi connectivity index (χ1v) is 10.7. The van der Waals surface area contributed by atoms with E-state index >= 15 is 0 Å². The van der Waals surface area contributed by atoms with Gasteiger partial charge in [-0.1, -0.05) is 88.7 Å². The van der Waals surface area contributed by atoms with Gasteiger partial charge in [0.05, 0.1) is 11.3 Å². The number of H-pyrrole nitrogens is 1. The van der Waals surface area contributed by atoms with Gasteiger partial charge in [0.25, 0.3) is 5.56 Å². The van der Waals surface area contributed by atoms with E-state index in [2.05, 4.69) is 43.3 Å². The zero-order valence-corrected chi connectivity index (χ0v) is 18.1. The zero-order valence-electron chi connectivity index (χ0n) is 16.5. The van der Waals surface area contributed by atoms with Crippen molar-refractivity contribution in [3.05, 3.63) is 122 Å². The van der Waals surface area contributed by atoms with Gasteiger partial charge in [0.1, 0.15) is 5.82 Å². The van der Waals surface area contributed by atoms with Crippen LogP contribution < -0.4 is 16.6 Å². The van der Waals surface area contributed by atoms with Gasteiger partial charge in [-0.25, -0.2) is 0 Å². The van der Waals surface area contributed by atoms with Gasteiger partial charge in [0.2, 0.25) is 5.95 Å². The van der Waals surface area contributed by atoms with Crippen LogP contribution in [0, 0.1) is 0 Å². The molecule has 0 amide bonds. The second-order valence-electron chi connectivity index (χ2n) is 7.34. The maximum atomic E-state index is 13.1. The average molecular weight is 471 g/mol. The van der Waals surface area contributed by atoms with Crippen LogP contribution in [0.15, 0.2) is 94.2 Å². The second kappa shape index (κ2) is 7.89. The van der Waals surface area contributed by atoms with E-state index in [0.29, 0.717) is 11.4 Å². The molecule has 1 aliphatic heterocycles. The number of benzene rings is 3. The van der Waals surface area contributed by atoms with Crippen molar-refractivity contribution in [1.82, 2.24) is 9.97 Å². The molecule has 4 aromatic rings. The topological polar surface area (TPSA) is 83.8 Å². The fraction of sp³-hybridized carbons (Fsp3) is 0.0400. The van der Waals surface area contributed by atoms with Crippen LogP contribution in [0.3, 0.4) is 0 Å². The molecule has 4 N–H and O–H groups in total. The minimum atomic E-state index is -0.321. The number of halogens is 1. The third kappa shape index (κ3) is 3.55. The van der Waals surface area contributed by atoms with Crippen molar-refractivity contribution >= 4 is 39.0 Å². The summed E-state index contributed by atoms with van der Waals surface area (Å²) in [4.78, 5) is 20.2. The molecule has 0 spiro atoms. The van der Waals surface area contributed by atoms with Gasteiger partial charge in [-0.15, -0.1) is 0 Å². The number of rotatable bonds is 3. The highest BCUT2D eigenvalue weighted by molar-refractivity contribution is 9.10. The van der Waals surface area contributed by atoms with Crippen molar-refractivity contribution in [1.29, 1.82) is 0 Å². The highest BCUT2D eigenvalue weighted by atomic mass is 79.9. The first-order chi connectivity index (χ1) is 15.1. The molecule has 1 aliphatic rings. The summed E-state index contributed by atoms with van der Waals surface area (Å²) in [5.41, 5.74) is 11.1. The predicted octanol–water partition coefficient (Wildman–Crippen LogP) is 5.24. The van der Waals surface area contributed by atoms with Gasteiger partial charge >= 0.3 is 0 Å². The quantitative estimate of drug-likeness (QED) is 0.382. The lowest BCUT2D eigenvalue weighted by atomic mass is 9.78. The average Bonchev–Trinajstić information content (AvgIpc) is 2.79. The normalized spacial score (nSPS) is 15.3. The molecule has 6 heteroatoms. The molecule has 5 rings (SSSR count). The highest BCUT2D eigenvalue weighted by Crippen LogP contribution is 2.46. The summed E-state index contributed by atoms with van der Waals surface area (Å²) in [7, 11) is 0. The molecule has 1 aromatic heterocycles. The number of nitrogen functional groups attached to an aromatic ring is 1. The summed E-state index contributed by atoms with van der Waals surface area (Å²) in [6, 6.07) is 28.2. The van der Waals surface area contributed by atoms with Gasteiger partial charge in [-0.05, 0) is 34.4 Å². The summed E-state index contributed by atoms with van der Waals surface area (Å²) in [5.74, 6) is 0.243. The van der Waals surface area contributed by atoms with E-state index in [-0.39, 0.29) is 17.4 Å². The molecule has 3 aromatic carbocycles. The zero-order chi connectivity index (χ0) is 21.4. The monoisotopic (exact) mass is 470 g/mol. The number of allylic oxidation sites excluding steroid dienone is 1. The highest BCUT2D eigenvalue weighted by Gasteiger charge is 2.34. The number of nitrogens with zero attached hydrogens (tertiary/aromatic N) is 1. The van der Waals surface area contributed by atoms with E-state index in [4.69, 9.17) is 5.73 Å². The standard InChI is InChI=1S/C25H19BrN4O/c26-18-13-11-16(12-14-18)19-20(15-7-3-1-4-8-15)22(17-9-5-2-6-10-17)28-23-21(19)24(31)30-25(27)29-23/h1-14,19H,(H4,27,28,29,30,31). The number of aromatic amines is 1. The van der Waals surface area contributed by atoms with Gasteiger partial charge < -0.3 is 11.1 Å². The number of aromatic nitrogens is 2. The number of hydrogen-bond acceptors (Lipinski definition) is 4. The molecule has 0 saturated carbocycles. The third-order valence-corrected chi connectivity index (χ3v) is 5.94. The molecule has 152 valence electrons. The van der Waals surface area contributed by atoms with E-state index in [1.165, 1.54) is 0 Å². The van der Waals surface area contributed by atoms with E-state index in [1.54, 1.807) is 0 Å². The Morgan fingerprint density at radius 3 is 2.10 bits per heavy atom. The molecule has 1 atom stereocenters. The van der Waals surface area contributed by atoms with Crippen molar-refractivity contribution < 1.29 is 0 Å². The molecule has 0 radical (unpaired) electrons. The van der Waals surface area contributed by atoms with E-state index < -0.39 is 0 Å². The van der Waals surface area contributed by atoms with E-state index in [1.807, 2.05) is 72.8 Å². The summed E-state index contributed by atoms with van der Waals surface area (Å²) in [5, 5.41) is 3.41. The predicted molar refractivity (Wildman–Crippen MR) is 129 cm³/mol. The number of anilines is 2. The van der Waals surface area contributed by atoms with E-state index in [0.717, 1.165) is 32.4 Å². The Labute approximate surface area is 187 Å². The fourth-order valence-corrected chi connectivity index (χ4v) is 4.35. The Morgan fingerprint density at radius 2 is 1.45 bits per heavy atom. The molecule has 0 aliphatic carbocycles. The van der Waals surface area contributed by atoms with Crippen LogP contribution in [0.2, 0.25) is 0 Å². The van der Waals surface area contributed by atoms with Crippen LogP contribution in [0.4, 0.5) is 11.8 Å².